The van der Waals surface area contributed by atoms with Crippen molar-refractivity contribution in [3.8, 4) is 0 Å². The molecule has 1 unspecified atom stereocenters. The fraction of sp³-hybridized carbons (Fsp3) is 0.130. The van der Waals surface area contributed by atoms with Gasteiger partial charge in [-0.15, -0.1) is 0 Å². The summed E-state index contributed by atoms with van der Waals surface area (Å²) in [4.78, 5) is 26.5. The maximum atomic E-state index is 14.5. The molecule has 1 fully saturated rings. The highest BCUT2D eigenvalue weighted by Crippen LogP contribution is 2.43. The molecule has 2 heterocycles. The van der Waals surface area contributed by atoms with E-state index in [9.17, 15) is 27.9 Å². The molecule has 0 bridgehead atoms. The Morgan fingerprint density at radius 3 is 2.32 bits per heavy atom. The van der Waals surface area contributed by atoms with Gasteiger partial charge in [0.2, 0.25) is 0 Å². The number of Topliss-reactive ketones (excluding diaryl/α,β-unsaturated/α-hetero) is 1. The van der Waals surface area contributed by atoms with E-state index in [0.717, 1.165) is 29.2 Å². The van der Waals surface area contributed by atoms with Crippen LogP contribution in [0.2, 0.25) is 0 Å². The topological polar surface area (TPSA) is 70.8 Å². The van der Waals surface area contributed by atoms with Crippen LogP contribution in [0, 0.1) is 31.3 Å². The van der Waals surface area contributed by atoms with E-state index in [0.29, 0.717) is 5.76 Å². The summed E-state index contributed by atoms with van der Waals surface area (Å²) >= 11 is 0. The second-order valence-electron chi connectivity index (χ2n) is 7.18. The lowest BCUT2D eigenvalue weighted by Crippen LogP contribution is -2.30. The molecule has 1 aliphatic rings. The summed E-state index contributed by atoms with van der Waals surface area (Å²) in [6, 6.07) is 7.85. The highest BCUT2D eigenvalue weighted by molar-refractivity contribution is 6.51. The number of nitrogens with zero attached hydrogens (tertiary/aromatic N) is 1. The Hall–Kier alpha value is -3.81. The zero-order valence-electron chi connectivity index (χ0n) is 16.4. The molecule has 8 heteroatoms. The third-order valence-corrected chi connectivity index (χ3v) is 5.07. The summed E-state index contributed by atoms with van der Waals surface area (Å²) < 4.78 is 47.6. The van der Waals surface area contributed by atoms with Crippen LogP contribution < -0.4 is 4.90 Å². The van der Waals surface area contributed by atoms with Crippen LogP contribution in [0.3, 0.4) is 0 Å². The summed E-state index contributed by atoms with van der Waals surface area (Å²) in [7, 11) is 0. The van der Waals surface area contributed by atoms with Crippen molar-refractivity contribution in [3.05, 3.63) is 94.2 Å². The molecular weight excluding hydrogens is 411 g/mol. The molecule has 31 heavy (non-hydrogen) atoms. The Bertz CT molecular complexity index is 1260. The second kappa shape index (κ2) is 7.46. The summed E-state index contributed by atoms with van der Waals surface area (Å²) in [5, 5.41) is 10.9. The molecule has 3 aromatic rings. The van der Waals surface area contributed by atoms with E-state index >= 15 is 0 Å². The molecule has 1 aromatic heterocycles. The third-order valence-electron chi connectivity index (χ3n) is 5.07. The number of carbonyl (C=O) groups excluding carboxylic acids is 2. The number of ketones is 1. The lowest BCUT2D eigenvalue weighted by molar-refractivity contribution is -0.132. The van der Waals surface area contributed by atoms with Gasteiger partial charge < -0.3 is 9.52 Å². The van der Waals surface area contributed by atoms with Gasteiger partial charge in [-0.2, -0.15) is 0 Å². The molecule has 1 amide bonds. The summed E-state index contributed by atoms with van der Waals surface area (Å²) in [6.45, 7) is 3.10. The standard InChI is InChI=1S/C23H16F3NO4/c1-11-9-13(4-6-15(11)25)21(28)19-20(18-8-3-12(2)31-18)27(23(30)22(19)29)17-10-14(24)5-7-16(17)26/h3-10,20,28H,1-2H3/b21-19-. The van der Waals surface area contributed by atoms with Crippen LogP contribution in [-0.4, -0.2) is 16.8 Å². The Morgan fingerprint density at radius 2 is 1.68 bits per heavy atom. The molecule has 5 nitrogen and oxygen atoms in total. The number of hydrogen-bond acceptors (Lipinski definition) is 4. The molecule has 0 radical (unpaired) electrons. The van der Waals surface area contributed by atoms with E-state index < -0.39 is 46.6 Å². The Morgan fingerprint density at radius 1 is 0.968 bits per heavy atom. The smallest absolute Gasteiger partial charge is 0.300 e. The van der Waals surface area contributed by atoms with E-state index in [4.69, 9.17) is 4.42 Å². The minimum atomic E-state index is -1.35. The molecule has 1 atom stereocenters. The van der Waals surface area contributed by atoms with Crippen LogP contribution in [0.15, 0.2) is 58.5 Å². The van der Waals surface area contributed by atoms with Gasteiger partial charge in [0.1, 0.15) is 40.8 Å². The minimum Gasteiger partial charge on any atom is -0.507 e. The Kier molecular flexibility index (Phi) is 4.93. The number of aliphatic hydroxyl groups is 1. The number of amides is 1. The fourth-order valence-electron chi connectivity index (χ4n) is 3.57. The van der Waals surface area contributed by atoms with Gasteiger partial charge in [-0.3, -0.25) is 14.5 Å². The SMILES string of the molecule is Cc1ccc(C2/C(=C(/O)c3ccc(F)c(C)c3)C(=O)C(=O)N2c2cc(F)ccc2F)o1. The molecule has 4 rings (SSSR count). The van der Waals surface area contributed by atoms with Gasteiger partial charge in [0.05, 0.1) is 11.3 Å². The van der Waals surface area contributed by atoms with Gasteiger partial charge in [0.25, 0.3) is 11.7 Å². The number of hydrogen-bond donors (Lipinski definition) is 1. The predicted octanol–water partition coefficient (Wildman–Crippen LogP) is 4.94. The lowest BCUT2D eigenvalue weighted by Gasteiger charge is -2.23. The summed E-state index contributed by atoms with van der Waals surface area (Å²) in [5.74, 6) is -4.61. The Balaban J connectivity index is 1.98. The predicted molar refractivity (Wildman–Crippen MR) is 106 cm³/mol. The van der Waals surface area contributed by atoms with Crippen molar-refractivity contribution in [1.82, 2.24) is 0 Å². The van der Waals surface area contributed by atoms with Gasteiger partial charge in [-0.25, -0.2) is 13.2 Å². The maximum Gasteiger partial charge on any atom is 0.300 e. The number of furan rings is 1. The van der Waals surface area contributed by atoms with E-state index in [2.05, 4.69) is 0 Å². The largest absolute Gasteiger partial charge is 0.507 e. The normalized spacial score (nSPS) is 18.1. The van der Waals surface area contributed by atoms with Gasteiger partial charge in [0.15, 0.2) is 0 Å². The maximum absolute atomic E-state index is 14.5. The number of rotatable bonds is 3. The minimum absolute atomic E-state index is 0.0701. The number of benzene rings is 2. The van der Waals surface area contributed by atoms with E-state index in [1.54, 1.807) is 13.0 Å². The third kappa shape index (κ3) is 3.39. The number of aryl methyl sites for hydroxylation is 2. The van der Waals surface area contributed by atoms with E-state index in [-0.39, 0.29) is 22.5 Å². The first-order valence-corrected chi connectivity index (χ1v) is 9.28. The zero-order chi connectivity index (χ0) is 22.4. The van der Waals surface area contributed by atoms with Crippen molar-refractivity contribution >= 4 is 23.1 Å². The molecule has 0 spiro atoms. The van der Waals surface area contributed by atoms with Gasteiger partial charge in [0, 0.05) is 11.6 Å². The number of aliphatic hydroxyl groups excluding tert-OH is 1. The van der Waals surface area contributed by atoms with Crippen molar-refractivity contribution in [2.45, 2.75) is 19.9 Å². The summed E-state index contributed by atoms with van der Waals surface area (Å²) in [6.07, 6.45) is 0. The number of carbonyl (C=O) groups is 2. The van der Waals surface area contributed by atoms with Gasteiger partial charge in [-0.1, -0.05) is 0 Å². The molecule has 1 saturated heterocycles. The van der Waals surface area contributed by atoms with Crippen LogP contribution in [0.25, 0.3) is 5.76 Å². The lowest BCUT2D eigenvalue weighted by atomic mass is 9.98. The Labute approximate surface area is 175 Å². The number of anilines is 1. The molecule has 0 saturated carbocycles. The molecule has 1 aliphatic heterocycles. The monoisotopic (exact) mass is 427 g/mol. The van der Waals surface area contributed by atoms with Crippen LogP contribution in [0.1, 0.15) is 28.7 Å². The van der Waals surface area contributed by atoms with Gasteiger partial charge >= 0.3 is 0 Å². The first kappa shape index (κ1) is 20.5. The summed E-state index contributed by atoms with van der Waals surface area (Å²) in [5.41, 5.74) is -0.561. The first-order chi connectivity index (χ1) is 14.7. The fourth-order valence-corrected chi connectivity index (χ4v) is 3.57. The van der Waals surface area contributed by atoms with Crippen molar-refractivity contribution in [2.75, 3.05) is 4.90 Å². The average Bonchev–Trinajstić information content (AvgIpc) is 3.27. The quantitative estimate of drug-likeness (QED) is 0.365. The molecule has 1 N–H and O–H groups in total. The van der Waals surface area contributed by atoms with Gasteiger partial charge in [-0.05, 0) is 61.9 Å². The van der Waals surface area contributed by atoms with E-state index in [1.807, 2.05) is 0 Å². The molecule has 2 aromatic carbocycles. The van der Waals surface area contributed by atoms with Crippen molar-refractivity contribution in [3.63, 3.8) is 0 Å². The van der Waals surface area contributed by atoms with Crippen LogP contribution in [0.4, 0.5) is 18.9 Å². The number of halogens is 3. The molecule has 158 valence electrons. The van der Waals surface area contributed by atoms with Crippen LogP contribution in [0.5, 0.6) is 0 Å². The average molecular weight is 427 g/mol. The first-order valence-electron chi connectivity index (χ1n) is 9.28. The van der Waals surface area contributed by atoms with Crippen molar-refractivity contribution in [2.24, 2.45) is 0 Å². The highest BCUT2D eigenvalue weighted by Gasteiger charge is 2.49. The highest BCUT2D eigenvalue weighted by atomic mass is 19.1. The zero-order valence-corrected chi connectivity index (χ0v) is 16.4. The molecular formula is C23H16F3NO4. The van der Waals surface area contributed by atoms with Crippen molar-refractivity contribution in [1.29, 1.82) is 0 Å². The van der Waals surface area contributed by atoms with Crippen LogP contribution >= 0.6 is 0 Å². The second-order valence-corrected chi connectivity index (χ2v) is 7.18. The molecule has 0 aliphatic carbocycles. The van der Waals surface area contributed by atoms with E-state index in [1.165, 1.54) is 25.1 Å². The van der Waals surface area contributed by atoms with Crippen LogP contribution in [-0.2, 0) is 9.59 Å². The van der Waals surface area contributed by atoms with Crippen molar-refractivity contribution < 1.29 is 32.3 Å².